The molecule has 1 aromatic rings. The first-order chi connectivity index (χ1) is 12.3. The maximum absolute atomic E-state index is 12.3. The number of carbonyl (C=O) groups is 3. The molecule has 0 aliphatic rings. The number of hydrogen-bond acceptors (Lipinski definition) is 5. The third-order valence-corrected chi connectivity index (χ3v) is 3.17. The normalized spacial score (nSPS) is 11.5. The highest BCUT2D eigenvalue weighted by atomic mass is 19.3. The van der Waals surface area contributed by atoms with Crippen LogP contribution in [-0.2, 0) is 9.59 Å². The van der Waals surface area contributed by atoms with Crippen molar-refractivity contribution in [2.45, 2.75) is 26.5 Å². The van der Waals surface area contributed by atoms with Gasteiger partial charge < -0.3 is 25.4 Å². The summed E-state index contributed by atoms with van der Waals surface area (Å²) in [5.41, 5.74) is 0.0908. The zero-order valence-electron chi connectivity index (χ0n) is 14.6. The highest BCUT2D eigenvalue weighted by Gasteiger charge is 2.17. The number of hydrogen-bond donors (Lipinski definition) is 3. The maximum Gasteiger partial charge on any atom is 0.387 e. The van der Waals surface area contributed by atoms with Crippen LogP contribution >= 0.6 is 0 Å². The van der Waals surface area contributed by atoms with E-state index in [-0.39, 0.29) is 29.5 Å². The summed E-state index contributed by atoms with van der Waals surface area (Å²) in [6.45, 7) is 0.304. The van der Waals surface area contributed by atoms with E-state index < -0.39 is 24.5 Å². The van der Waals surface area contributed by atoms with Gasteiger partial charge in [0.1, 0.15) is 6.04 Å². The van der Waals surface area contributed by atoms with Crippen LogP contribution in [-0.4, -0.2) is 50.6 Å². The molecule has 0 radical (unpaired) electrons. The molecule has 0 aliphatic heterocycles. The first kappa shape index (κ1) is 21.1. The lowest BCUT2D eigenvalue weighted by Gasteiger charge is -2.14. The molecule has 0 aliphatic carbocycles. The van der Waals surface area contributed by atoms with E-state index in [2.05, 4.69) is 20.7 Å². The first-order valence-corrected chi connectivity index (χ1v) is 7.76. The Bertz CT molecular complexity index is 655. The minimum Gasteiger partial charge on any atom is -0.493 e. The van der Waals surface area contributed by atoms with Gasteiger partial charge in [0, 0.05) is 12.1 Å². The lowest BCUT2D eigenvalue weighted by atomic mass is 10.2. The van der Waals surface area contributed by atoms with E-state index in [1.165, 1.54) is 26.2 Å². The SMILES string of the molecule is CCNC(=O)[C@H](C)NC(=O)CNC(=O)c1ccc(OC(F)F)c(OC)c1. The number of methoxy groups -OCH3 is 1. The summed E-state index contributed by atoms with van der Waals surface area (Å²) < 4.78 is 33.7. The van der Waals surface area contributed by atoms with Gasteiger partial charge in [0.05, 0.1) is 13.7 Å². The predicted octanol–water partition coefficient (Wildman–Crippen LogP) is 0.667. The van der Waals surface area contributed by atoms with E-state index in [0.717, 1.165) is 6.07 Å². The summed E-state index contributed by atoms with van der Waals surface area (Å²) in [6, 6.07) is 2.88. The maximum atomic E-state index is 12.3. The third kappa shape index (κ3) is 6.54. The van der Waals surface area contributed by atoms with E-state index in [1.54, 1.807) is 6.92 Å². The summed E-state index contributed by atoms with van der Waals surface area (Å²) >= 11 is 0. The molecular weight excluding hydrogens is 352 g/mol. The van der Waals surface area contributed by atoms with Crippen LogP contribution < -0.4 is 25.4 Å². The molecule has 0 bridgehead atoms. The van der Waals surface area contributed by atoms with Gasteiger partial charge in [-0.25, -0.2) is 0 Å². The van der Waals surface area contributed by atoms with Crippen molar-refractivity contribution in [3.63, 3.8) is 0 Å². The number of likely N-dealkylation sites (N-methyl/N-ethyl adjacent to an activating group) is 1. The van der Waals surface area contributed by atoms with Crippen LogP contribution in [0.4, 0.5) is 8.78 Å². The molecule has 26 heavy (non-hydrogen) atoms. The molecule has 0 saturated heterocycles. The largest absolute Gasteiger partial charge is 0.493 e. The summed E-state index contributed by atoms with van der Waals surface area (Å²) in [6.07, 6.45) is 0. The Morgan fingerprint density at radius 2 is 1.85 bits per heavy atom. The van der Waals surface area contributed by atoms with Gasteiger partial charge in [-0.1, -0.05) is 0 Å². The highest BCUT2D eigenvalue weighted by Crippen LogP contribution is 2.29. The number of amides is 3. The van der Waals surface area contributed by atoms with Gasteiger partial charge in [0.15, 0.2) is 11.5 Å². The average Bonchev–Trinajstić information content (AvgIpc) is 2.59. The monoisotopic (exact) mass is 373 g/mol. The Kier molecular flexibility index (Phi) is 8.26. The zero-order chi connectivity index (χ0) is 19.7. The fraction of sp³-hybridized carbons (Fsp3) is 0.438. The molecule has 3 N–H and O–H groups in total. The molecule has 1 rings (SSSR count). The molecule has 144 valence electrons. The fourth-order valence-corrected chi connectivity index (χ4v) is 1.95. The fourth-order valence-electron chi connectivity index (χ4n) is 1.95. The molecule has 1 atom stereocenters. The van der Waals surface area contributed by atoms with E-state index >= 15 is 0 Å². The number of benzene rings is 1. The van der Waals surface area contributed by atoms with Crippen molar-refractivity contribution < 1.29 is 32.6 Å². The van der Waals surface area contributed by atoms with Crippen molar-refractivity contribution in [2.24, 2.45) is 0 Å². The quantitative estimate of drug-likeness (QED) is 0.590. The lowest BCUT2D eigenvalue weighted by molar-refractivity contribution is -0.128. The molecule has 10 heteroatoms. The molecule has 8 nitrogen and oxygen atoms in total. The smallest absolute Gasteiger partial charge is 0.387 e. The minimum absolute atomic E-state index is 0.0488. The van der Waals surface area contributed by atoms with E-state index in [4.69, 9.17) is 4.74 Å². The van der Waals surface area contributed by atoms with E-state index in [0.29, 0.717) is 6.54 Å². The minimum atomic E-state index is -3.03. The van der Waals surface area contributed by atoms with Crippen molar-refractivity contribution in [2.75, 3.05) is 20.2 Å². The molecule has 0 aromatic heterocycles. The summed E-state index contributed by atoms with van der Waals surface area (Å²) in [5.74, 6) is -1.78. The second kappa shape index (κ2) is 10.2. The van der Waals surface area contributed by atoms with Gasteiger partial charge >= 0.3 is 6.61 Å². The standard InChI is InChI=1S/C16H21F2N3O5/c1-4-19-14(23)9(2)21-13(22)8-20-15(24)10-5-6-11(26-16(17)18)12(7-10)25-3/h5-7,9,16H,4,8H2,1-3H3,(H,19,23)(H,20,24)(H,21,22)/t9-/m0/s1. The molecule has 0 heterocycles. The molecule has 3 amide bonds. The summed E-state index contributed by atoms with van der Waals surface area (Å²) in [7, 11) is 1.24. The Hall–Kier alpha value is -2.91. The second-order valence-electron chi connectivity index (χ2n) is 5.11. The van der Waals surface area contributed by atoms with Crippen LogP contribution in [0.3, 0.4) is 0 Å². The number of halogens is 2. The lowest BCUT2D eigenvalue weighted by Crippen LogP contribution is -2.47. The number of carbonyl (C=O) groups excluding carboxylic acids is 3. The van der Waals surface area contributed by atoms with Crippen LogP contribution in [0.2, 0.25) is 0 Å². The Labute approximate surface area is 149 Å². The van der Waals surface area contributed by atoms with Crippen LogP contribution in [0.1, 0.15) is 24.2 Å². The number of rotatable bonds is 9. The van der Waals surface area contributed by atoms with E-state index in [9.17, 15) is 23.2 Å². The predicted molar refractivity (Wildman–Crippen MR) is 88.2 cm³/mol. The van der Waals surface area contributed by atoms with Gasteiger partial charge in [-0.15, -0.1) is 0 Å². The molecule has 0 spiro atoms. The van der Waals surface area contributed by atoms with Crippen molar-refractivity contribution in [1.82, 2.24) is 16.0 Å². The van der Waals surface area contributed by atoms with Crippen LogP contribution in [0, 0.1) is 0 Å². The van der Waals surface area contributed by atoms with Gasteiger partial charge in [0.25, 0.3) is 5.91 Å². The Morgan fingerprint density at radius 3 is 2.42 bits per heavy atom. The topological polar surface area (TPSA) is 106 Å². The summed E-state index contributed by atoms with van der Waals surface area (Å²) in [5, 5.41) is 7.34. The van der Waals surface area contributed by atoms with Crippen molar-refractivity contribution in [1.29, 1.82) is 0 Å². The van der Waals surface area contributed by atoms with Crippen molar-refractivity contribution in [3.05, 3.63) is 23.8 Å². The zero-order valence-corrected chi connectivity index (χ0v) is 14.6. The van der Waals surface area contributed by atoms with Crippen molar-refractivity contribution in [3.8, 4) is 11.5 Å². The van der Waals surface area contributed by atoms with Crippen LogP contribution in [0.5, 0.6) is 11.5 Å². The van der Waals surface area contributed by atoms with Crippen LogP contribution in [0.15, 0.2) is 18.2 Å². The Morgan fingerprint density at radius 1 is 1.15 bits per heavy atom. The van der Waals surface area contributed by atoms with Gasteiger partial charge in [-0.3, -0.25) is 14.4 Å². The van der Waals surface area contributed by atoms with Gasteiger partial charge in [0.2, 0.25) is 11.8 Å². The van der Waals surface area contributed by atoms with E-state index in [1.807, 2.05) is 0 Å². The molecular formula is C16H21F2N3O5. The third-order valence-electron chi connectivity index (χ3n) is 3.17. The summed E-state index contributed by atoms with van der Waals surface area (Å²) in [4.78, 5) is 35.3. The van der Waals surface area contributed by atoms with Crippen molar-refractivity contribution >= 4 is 17.7 Å². The molecule has 0 saturated carbocycles. The average molecular weight is 373 g/mol. The van der Waals surface area contributed by atoms with Gasteiger partial charge in [-0.05, 0) is 32.0 Å². The van der Waals surface area contributed by atoms with Gasteiger partial charge in [-0.2, -0.15) is 8.78 Å². The number of alkyl halides is 2. The number of ether oxygens (including phenoxy) is 2. The molecule has 0 unspecified atom stereocenters. The second-order valence-corrected chi connectivity index (χ2v) is 5.11. The first-order valence-electron chi connectivity index (χ1n) is 7.76. The molecule has 0 fully saturated rings. The number of nitrogens with one attached hydrogen (secondary N) is 3. The molecule has 1 aromatic carbocycles. The Balaban J connectivity index is 2.62. The highest BCUT2D eigenvalue weighted by molar-refractivity contribution is 5.97. The van der Waals surface area contributed by atoms with Crippen LogP contribution in [0.25, 0.3) is 0 Å².